The molecule has 6 heteroatoms. The Balaban J connectivity index is 2.67. The lowest BCUT2D eigenvalue weighted by Crippen LogP contribution is -2.37. The number of terminal acetylenes is 1. The minimum atomic E-state index is -0.152. The van der Waals surface area contributed by atoms with E-state index in [1.165, 1.54) is 0 Å². The number of hydrogen-bond acceptors (Lipinski definition) is 4. The number of nitrogens with zero attached hydrogens (tertiary/aromatic N) is 3. The minimum Gasteiger partial charge on any atom is -0.357 e. The highest BCUT2D eigenvalue weighted by Gasteiger charge is 2.21. The minimum absolute atomic E-state index is 0.152. The van der Waals surface area contributed by atoms with Crippen LogP contribution >= 0.6 is 0 Å². The first-order valence-corrected chi connectivity index (χ1v) is 6.26. The monoisotopic (exact) mass is 263 g/mol. The molecule has 1 heterocycles. The maximum absolute atomic E-state index is 5.20. The van der Waals surface area contributed by atoms with Gasteiger partial charge >= 0.3 is 0 Å². The lowest BCUT2D eigenvalue weighted by Gasteiger charge is -2.10. The van der Waals surface area contributed by atoms with Crippen molar-refractivity contribution in [1.29, 1.82) is 0 Å². The van der Waals surface area contributed by atoms with Crippen LogP contribution in [0.3, 0.4) is 0 Å². The molecule has 0 aromatic carbocycles. The van der Waals surface area contributed by atoms with E-state index in [-0.39, 0.29) is 5.41 Å². The van der Waals surface area contributed by atoms with E-state index in [1.807, 2.05) is 27.7 Å². The number of aromatic nitrogens is 2. The maximum Gasteiger partial charge on any atom is 0.232 e. The van der Waals surface area contributed by atoms with Crippen molar-refractivity contribution >= 4 is 5.96 Å². The van der Waals surface area contributed by atoms with Crippen molar-refractivity contribution in [3.8, 4) is 12.3 Å². The van der Waals surface area contributed by atoms with Gasteiger partial charge in [0.15, 0.2) is 11.8 Å². The maximum atomic E-state index is 5.20. The van der Waals surface area contributed by atoms with Crippen LogP contribution in [0.2, 0.25) is 0 Å². The predicted molar refractivity (Wildman–Crippen MR) is 74.6 cm³/mol. The van der Waals surface area contributed by atoms with Crippen molar-refractivity contribution in [1.82, 2.24) is 20.8 Å². The summed E-state index contributed by atoms with van der Waals surface area (Å²) in [6, 6.07) is 0. The van der Waals surface area contributed by atoms with Crippen molar-refractivity contribution in [3.63, 3.8) is 0 Å². The molecule has 0 aliphatic heterocycles. The van der Waals surface area contributed by atoms with Crippen LogP contribution in [0.5, 0.6) is 0 Å². The summed E-state index contributed by atoms with van der Waals surface area (Å²) >= 11 is 0. The normalized spacial score (nSPS) is 12.1. The first-order chi connectivity index (χ1) is 8.97. The number of nitrogens with one attached hydrogen (secondary N) is 2. The van der Waals surface area contributed by atoms with Crippen LogP contribution in [0.25, 0.3) is 0 Å². The smallest absolute Gasteiger partial charge is 0.232 e. The molecule has 0 bridgehead atoms. The van der Waals surface area contributed by atoms with Crippen LogP contribution in [-0.2, 0) is 12.0 Å². The van der Waals surface area contributed by atoms with Gasteiger partial charge in [-0.3, -0.25) is 0 Å². The van der Waals surface area contributed by atoms with E-state index in [9.17, 15) is 0 Å². The molecule has 1 aromatic rings. The van der Waals surface area contributed by atoms with Crippen molar-refractivity contribution < 1.29 is 4.52 Å². The molecule has 0 fully saturated rings. The Morgan fingerprint density at radius 2 is 2.16 bits per heavy atom. The second-order valence-corrected chi connectivity index (χ2v) is 5.02. The molecular weight excluding hydrogens is 242 g/mol. The highest BCUT2D eigenvalue weighted by Crippen LogP contribution is 2.19. The van der Waals surface area contributed by atoms with Gasteiger partial charge in [0.25, 0.3) is 0 Å². The Morgan fingerprint density at radius 1 is 1.42 bits per heavy atom. The molecule has 0 radical (unpaired) electrons. The first kappa shape index (κ1) is 15.0. The Hall–Kier alpha value is -2.03. The van der Waals surface area contributed by atoms with Gasteiger partial charge < -0.3 is 15.2 Å². The number of aliphatic imine (C=N–C) groups is 1. The van der Waals surface area contributed by atoms with Gasteiger partial charge in [-0.25, -0.2) is 4.99 Å². The molecule has 0 atom stereocenters. The molecule has 0 saturated carbocycles. The summed E-state index contributed by atoms with van der Waals surface area (Å²) in [5.41, 5.74) is -0.152. The fourth-order valence-electron chi connectivity index (χ4n) is 1.25. The average Bonchev–Trinajstić information content (AvgIpc) is 2.81. The van der Waals surface area contributed by atoms with Crippen LogP contribution in [0, 0.1) is 12.3 Å². The Morgan fingerprint density at radius 3 is 2.68 bits per heavy atom. The molecule has 0 aliphatic carbocycles. The third kappa shape index (κ3) is 5.00. The topological polar surface area (TPSA) is 75.3 Å². The average molecular weight is 263 g/mol. The Bertz CT molecular complexity index is 464. The standard InChI is InChI=1S/C13H21N5O/c1-6-8-15-12(14-7-2)16-9-10-17-11(19-18-10)13(3,4)5/h1H,7-9H2,2-5H3,(H2,14,15,16). The van der Waals surface area contributed by atoms with E-state index < -0.39 is 0 Å². The van der Waals surface area contributed by atoms with Gasteiger partial charge in [0.1, 0.15) is 6.54 Å². The van der Waals surface area contributed by atoms with Gasteiger partial charge in [-0.15, -0.1) is 6.42 Å². The molecule has 1 rings (SSSR count). The summed E-state index contributed by atoms with van der Waals surface area (Å²) in [6.07, 6.45) is 5.20. The zero-order valence-corrected chi connectivity index (χ0v) is 11.9. The van der Waals surface area contributed by atoms with Gasteiger partial charge in [-0.2, -0.15) is 4.98 Å². The highest BCUT2D eigenvalue weighted by molar-refractivity contribution is 5.79. The molecule has 1 aromatic heterocycles. The SMILES string of the molecule is C#CCNC(=NCc1noc(C(C)(C)C)n1)NCC. The molecule has 104 valence electrons. The molecule has 19 heavy (non-hydrogen) atoms. The van der Waals surface area contributed by atoms with Crippen molar-refractivity contribution in [2.75, 3.05) is 13.1 Å². The van der Waals surface area contributed by atoms with Gasteiger partial charge in [0.2, 0.25) is 5.89 Å². The summed E-state index contributed by atoms with van der Waals surface area (Å²) in [7, 11) is 0. The highest BCUT2D eigenvalue weighted by atomic mass is 16.5. The van der Waals surface area contributed by atoms with E-state index in [0.717, 1.165) is 6.54 Å². The van der Waals surface area contributed by atoms with Crippen LogP contribution in [0.15, 0.2) is 9.52 Å². The lowest BCUT2D eigenvalue weighted by molar-refractivity contribution is 0.318. The van der Waals surface area contributed by atoms with Gasteiger partial charge in [-0.05, 0) is 6.92 Å². The zero-order valence-electron chi connectivity index (χ0n) is 11.9. The van der Waals surface area contributed by atoms with Crippen LogP contribution < -0.4 is 10.6 Å². The molecule has 6 nitrogen and oxygen atoms in total. The third-order valence-electron chi connectivity index (χ3n) is 2.19. The molecule has 0 saturated heterocycles. The fraction of sp³-hybridized carbons (Fsp3) is 0.615. The summed E-state index contributed by atoms with van der Waals surface area (Å²) < 4.78 is 5.20. The van der Waals surface area contributed by atoms with E-state index in [2.05, 4.69) is 31.7 Å². The summed E-state index contributed by atoms with van der Waals surface area (Å²) in [6.45, 7) is 9.57. The largest absolute Gasteiger partial charge is 0.357 e. The van der Waals surface area contributed by atoms with Crippen LogP contribution in [-0.4, -0.2) is 29.2 Å². The molecule has 0 amide bonds. The van der Waals surface area contributed by atoms with Crippen molar-refractivity contribution in [2.24, 2.45) is 4.99 Å². The van der Waals surface area contributed by atoms with Crippen LogP contribution in [0.1, 0.15) is 39.4 Å². The Labute approximate surface area is 114 Å². The second kappa shape index (κ2) is 6.78. The summed E-state index contributed by atoms with van der Waals surface area (Å²) in [5, 5.41) is 9.98. The van der Waals surface area contributed by atoms with E-state index in [1.54, 1.807) is 0 Å². The predicted octanol–water partition coefficient (Wildman–Crippen LogP) is 1.06. The number of guanidine groups is 1. The summed E-state index contributed by atoms with van der Waals surface area (Å²) in [4.78, 5) is 8.64. The second-order valence-electron chi connectivity index (χ2n) is 5.02. The Kier molecular flexibility index (Phi) is 5.37. The first-order valence-electron chi connectivity index (χ1n) is 6.26. The molecule has 0 unspecified atom stereocenters. The molecular formula is C13H21N5O. The summed E-state index contributed by atoms with van der Waals surface area (Å²) in [5.74, 6) is 4.31. The zero-order chi connectivity index (χ0) is 14.3. The van der Waals surface area contributed by atoms with Gasteiger partial charge in [0.05, 0.1) is 6.54 Å². The fourth-order valence-corrected chi connectivity index (χ4v) is 1.25. The van der Waals surface area contributed by atoms with Gasteiger partial charge in [0, 0.05) is 12.0 Å². The lowest BCUT2D eigenvalue weighted by atomic mass is 9.97. The van der Waals surface area contributed by atoms with E-state index >= 15 is 0 Å². The van der Waals surface area contributed by atoms with Gasteiger partial charge in [-0.1, -0.05) is 31.8 Å². The number of hydrogen-bond donors (Lipinski definition) is 2. The van der Waals surface area contributed by atoms with E-state index in [4.69, 9.17) is 10.9 Å². The quantitative estimate of drug-likeness (QED) is 0.482. The number of rotatable bonds is 4. The molecule has 2 N–H and O–H groups in total. The van der Waals surface area contributed by atoms with E-state index in [0.29, 0.717) is 30.8 Å². The van der Waals surface area contributed by atoms with Crippen molar-refractivity contribution in [2.45, 2.75) is 39.7 Å². The van der Waals surface area contributed by atoms with Crippen molar-refractivity contribution in [3.05, 3.63) is 11.7 Å². The molecule has 0 spiro atoms. The third-order valence-corrected chi connectivity index (χ3v) is 2.19. The van der Waals surface area contributed by atoms with Crippen LogP contribution in [0.4, 0.5) is 0 Å². The molecule has 0 aliphatic rings.